The van der Waals surface area contributed by atoms with E-state index < -0.39 is 0 Å². The number of rotatable bonds is 7. The Bertz CT molecular complexity index is 407. The average Bonchev–Trinajstić information content (AvgIpc) is 2.34. The predicted octanol–water partition coefficient (Wildman–Crippen LogP) is 2.63. The molecule has 1 N–H and O–H groups in total. The zero-order valence-electron chi connectivity index (χ0n) is 10.9. The van der Waals surface area contributed by atoms with Crippen LogP contribution in [0.3, 0.4) is 0 Å². The molecule has 1 aromatic rings. The average molecular weight is 253 g/mol. The van der Waals surface area contributed by atoms with Gasteiger partial charge in [-0.1, -0.05) is 0 Å². The molecular weight excluding hydrogens is 233 g/mol. The van der Waals surface area contributed by atoms with Crippen molar-refractivity contribution >= 4 is 11.5 Å². The number of nitrogens with zero attached hydrogens (tertiary/aromatic N) is 1. The van der Waals surface area contributed by atoms with Gasteiger partial charge in [-0.2, -0.15) is 0 Å². The summed E-state index contributed by atoms with van der Waals surface area (Å²) in [5.41, 5.74) is 0.897. The van der Waals surface area contributed by atoms with E-state index >= 15 is 0 Å². The normalized spacial score (nSPS) is 10.4. The van der Waals surface area contributed by atoms with E-state index in [0.29, 0.717) is 11.3 Å². The van der Waals surface area contributed by atoms with Crippen LogP contribution in [-0.4, -0.2) is 31.1 Å². The molecule has 18 heavy (non-hydrogen) atoms. The Morgan fingerprint density at radius 2 is 2.06 bits per heavy atom. The van der Waals surface area contributed by atoms with Crippen LogP contribution in [0, 0.1) is 5.82 Å². The molecule has 4 heteroatoms. The van der Waals surface area contributed by atoms with Crippen LogP contribution in [0.5, 0.6) is 0 Å². The summed E-state index contributed by atoms with van der Waals surface area (Å²) in [6.45, 7) is 2.36. The third kappa shape index (κ3) is 4.11. The largest absolute Gasteiger partial charge is 0.396 e. The van der Waals surface area contributed by atoms with Gasteiger partial charge in [-0.3, -0.25) is 4.79 Å². The second kappa shape index (κ2) is 7.11. The lowest BCUT2D eigenvalue weighted by Gasteiger charge is -2.20. The highest BCUT2D eigenvalue weighted by Crippen LogP contribution is 2.20. The Balaban J connectivity index is 2.62. The molecule has 100 valence electrons. The van der Waals surface area contributed by atoms with Gasteiger partial charge in [0.15, 0.2) is 5.78 Å². The summed E-state index contributed by atoms with van der Waals surface area (Å²) in [7, 11) is 1.82. The fourth-order valence-electron chi connectivity index (χ4n) is 1.79. The second-order valence-corrected chi connectivity index (χ2v) is 4.43. The molecule has 1 aromatic carbocycles. The van der Waals surface area contributed by atoms with Crippen LogP contribution in [0.4, 0.5) is 10.1 Å². The Labute approximate surface area is 107 Å². The summed E-state index contributed by atoms with van der Waals surface area (Å²) in [5.74, 6) is -0.501. The maximum absolute atomic E-state index is 13.8. The van der Waals surface area contributed by atoms with Gasteiger partial charge >= 0.3 is 0 Å². The lowest BCUT2D eigenvalue weighted by atomic mass is 10.1. The number of benzene rings is 1. The van der Waals surface area contributed by atoms with Crippen LogP contribution in [0.2, 0.25) is 0 Å². The molecular formula is C14H20FNO2. The molecule has 3 nitrogen and oxygen atoms in total. The molecule has 0 saturated heterocycles. The molecule has 0 fully saturated rings. The van der Waals surface area contributed by atoms with Crippen LogP contribution < -0.4 is 4.90 Å². The third-order valence-electron chi connectivity index (χ3n) is 2.92. The van der Waals surface area contributed by atoms with E-state index in [1.54, 1.807) is 12.1 Å². The third-order valence-corrected chi connectivity index (χ3v) is 2.92. The second-order valence-electron chi connectivity index (χ2n) is 4.43. The van der Waals surface area contributed by atoms with Crippen molar-refractivity contribution in [3.8, 4) is 0 Å². The quantitative estimate of drug-likeness (QED) is 0.600. The van der Waals surface area contributed by atoms with Crippen LogP contribution in [-0.2, 0) is 0 Å². The first-order valence-electron chi connectivity index (χ1n) is 6.18. The zero-order valence-corrected chi connectivity index (χ0v) is 10.9. The van der Waals surface area contributed by atoms with E-state index in [2.05, 4.69) is 0 Å². The molecule has 0 radical (unpaired) electrons. The molecule has 0 aliphatic carbocycles. The van der Waals surface area contributed by atoms with Crippen molar-refractivity contribution in [3.05, 3.63) is 29.6 Å². The topological polar surface area (TPSA) is 40.5 Å². The number of aliphatic hydroxyl groups is 1. The number of hydrogen-bond acceptors (Lipinski definition) is 3. The molecule has 0 aromatic heterocycles. The molecule has 0 atom stereocenters. The van der Waals surface area contributed by atoms with E-state index in [-0.39, 0.29) is 18.2 Å². The maximum Gasteiger partial charge on any atom is 0.159 e. The summed E-state index contributed by atoms with van der Waals surface area (Å²) in [5, 5.41) is 8.67. The molecule has 0 unspecified atom stereocenters. The van der Waals surface area contributed by atoms with Crippen molar-refractivity contribution in [1.82, 2.24) is 0 Å². The van der Waals surface area contributed by atoms with Crippen LogP contribution in [0.15, 0.2) is 18.2 Å². The number of Topliss-reactive ketones (excluding diaryl/α,β-unsaturated/α-hetero) is 1. The lowest BCUT2D eigenvalue weighted by molar-refractivity contribution is 0.101. The van der Waals surface area contributed by atoms with Crippen LogP contribution >= 0.6 is 0 Å². The van der Waals surface area contributed by atoms with Gasteiger partial charge in [0.1, 0.15) is 5.82 Å². The van der Waals surface area contributed by atoms with E-state index in [9.17, 15) is 9.18 Å². The Morgan fingerprint density at radius 3 is 2.61 bits per heavy atom. The Hall–Kier alpha value is -1.42. The van der Waals surface area contributed by atoms with E-state index in [1.807, 2.05) is 11.9 Å². The summed E-state index contributed by atoms with van der Waals surface area (Å²) < 4.78 is 13.8. The molecule has 0 aliphatic rings. The molecule has 0 spiro atoms. The molecule has 0 heterocycles. The highest BCUT2D eigenvalue weighted by Gasteiger charge is 2.09. The number of hydrogen-bond donors (Lipinski definition) is 1. The van der Waals surface area contributed by atoms with Crippen molar-refractivity contribution in [3.63, 3.8) is 0 Å². The molecule has 1 rings (SSSR count). The highest BCUT2D eigenvalue weighted by molar-refractivity contribution is 5.94. The zero-order chi connectivity index (χ0) is 13.5. The first kappa shape index (κ1) is 14.6. The van der Waals surface area contributed by atoms with Gasteiger partial charge in [-0.25, -0.2) is 4.39 Å². The van der Waals surface area contributed by atoms with Crippen molar-refractivity contribution in [2.24, 2.45) is 0 Å². The van der Waals surface area contributed by atoms with Gasteiger partial charge < -0.3 is 10.0 Å². The number of unbranched alkanes of at least 4 members (excludes halogenated alkanes) is 2. The summed E-state index contributed by atoms with van der Waals surface area (Å²) in [6, 6.07) is 4.56. The molecule has 0 bridgehead atoms. The van der Waals surface area contributed by atoms with Crippen molar-refractivity contribution in [1.29, 1.82) is 0 Å². The Kier molecular flexibility index (Phi) is 5.78. The van der Waals surface area contributed by atoms with Gasteiger partial charge in [0, 0.05) is 25.8 Å². The fraction of sp³-hybridized carbons (Fsp3) is 0.500. The van der Waals surface area contributed by atoms with Crippen molar-refractivity contribution in [2.75, 3.05) is 25.1 Å². The van der Waals surface area contributed by atoms with Gasteiger partial charge in [0.05, 0.1) is 5.69 Å². The van der Waals surface area contributed by atoms with E-state index in [4.69, 9.17) is 5.11 Å². The van der Waals surface area contributed by atoms with Crippen molar-refractivity contribution < 1.29 is 14.3 Å². The first-order valence-corrected chi connectivity index (χ1v) is 6.18. The summed E-state index contributed by atoms with van der Waals surface area (Å²) in [4.78, 5) is 12.9. The van der Waals surface area contributed by atoms with Crippen LogP contribution in [0.1, 0.15) is 36.5 Å². The smallest absolute Gasteiger partial charge is 0.159 e. The molecule has 0 saturated carbocycles. The number of carbonyl (C=O) groups is 1. The minimum Gasteiger partial charge on any atom is -0.396 e. The number of ketones is 1. The number of anilines is 1. The number of halogens is 1. The standard InChI is InChI=1S/C14H20FNO2/c1-11(18)12-6-7-14(13(15)10-12)16(2)8-4-3-5-9-17/h6-7,10,17H,3-5,8-9H2,1-2H3. The van der Waals surface area contributed by atoms with Gasteiger partial charge in [0.25, 0.3) is 0 Å². The fourth-order valence-corrected chi connectivity index (χ4v) is 1.79. The monoisotopic (exact) mass is 253 g/mol. The van der Waals surface area contributed by atoms with Gasteiger partial charge in [-0.05, 0) is 44.4 Å². The van der Waals surface area contributed by atoms with Gasteiger partial charge in [0.2, 0.25) is 0 Å². The van der Waals surface area contributed by atoms with E-state index in [0.717, 1.165) is 25.8 Å². The first-order chi connectivity index (χ1) is 8.56. The van der Waals surface area contributed by atoms with Gasteiger partial charge in [-0.15, -0.1) is 0 Å². The lowest BCUT2D eigenvalue weighted by Crippen LogP contribution is -2.20. The summed E-state index contributed by atoms with van der Waals surface area (Å²) in [6.07, 6.45) is 2.61. The Morgan fingerprint density at radius 1 is 1.33 bits per heavy atom. The predicted molar refractivity (Wildman–Crippen MR) is 70.6 cm³/mol. The minimum atomic E-state index is -0.368. The van der Waals surface area contributed by atoms with Crippen LogP contribution in [0.25, 0.3) is 0 Å². The molecule has 0 amide bonds. The van der Waals surface area contributed by atoms with E-state index in [1.165, 1.54) is 13.0 Å². The summed E-state index contributed by atoms with van der Waals surface area (Å²) >= 11 is 0. The maximum atomic E-state index is 13.8. The van der Waals surface area contributed by atoms with Crippen molar-refractivity contribution in [2.45, 2.75) is 26.2 Å². The SMILES string of the molecule is CC(=O)c1ccc(N(C)CCCCCO)c(F)c1. The molecule has 0 aliphatic heterocycles. The number of carbonyl (C=O) groups excluding carboxylic acids is 1. The highest BCUT2D eigenvalue weighted by atomic mass is 19.1. The number of aliphatic hydroxyl groups excluding tert-OH is 1. The minimum absolute atomic E-state index is 0.133.